The topological polar surface area (TPSA) is 153 Å². The molecule has 43 heavy (non-hydrogen) atoms. The third-order valence-electron chi connectivity index (χ3n) is 7.06. The average Bonchev–Trinajstić information content (AvgIpc) is 3.56. The van der Waals surface area contributed by atoms with Crippen LogP contribution in [0, 0.1) is 0 Å². The predicted molar refractivity (Wildman–Crippen MR) is 158 cm³/mol. The molecule has 3 atom stereocenters. The molecular weight excluding hydrogens is 589 g/mol. The van der Waals surface area contributed by atoms with Gasteiger partial charge in [0.05, 0.1) is 6.42 Å². The largest absolute Gasteiger partial charge is 0.614 e. The summed E-state index contributed by atoms with van der Waals surface area (Å²) in [6.45, 7) is 0. The van der Waals surface area contributed by atoms with Crippen molar-refractivity contribution in [3.05, 3.63) is 119 Å². The number of ether oxygens (including phenoxy) is 1. The number of hydrogen-bond acceptors (Lipinski definition) is 9. The zero-order chi connectivity index (χ0) is 29.8. The summed E-state index contributed by atoms with van der Waals surface area (Å²) < 4.78 is 19.6. The van der Waals surface area contributed by atoms with Gasteiger partial charge in [-0.15, -0.1) is 5.10 Å². The van der Waals surface area contributed by atoms with E-state index < -0.39 is 40.6 Å². The van der Waals surface area contributed by atoms with Gasteiger partial charge < -0.3 is 14.6 Å². The minimum Gasteiger partial charge on any atom is -0.614 e. The van der Waals surface area contributed by atoms with E-state index in [9.17, 15) is 18.9 Å². The van der Waals surface area contributed by atoms with E-state index in [-0.39, 0.29) is 29.5 Å². The number of nitrogens with one attached hydrogen (secondary N) is 2. The van der Waals surface area contributed by atoms with Gasteiger partial charge in [0.25, 0.3) is 5.91 Å². The molecule has 2 aliphatic heterocycles. The van der Waals surface area contributed by atoms with Gasteiger partial charge in [-0.05, 0) is 38.3 Å². The van der Waals surface area contributed by atoms with Crippen LogP contribution in [0.15, 0.2) is 107 Å². The Bertz CT molecular complexity index is 1580. The summed E-state index contributed by atoms with van der Waals surface area (Å²) in [4.78, 5) is 41.6. The summed E-state index contributed by atoms with van der Waals surface area (Å²) in [6, 6.07) is 26.7. The monoisotopic (exact) mass is 614 g/mol. The standard InChI is InChI=1S/C30H26N6O5S2/c37-23(16-19-10-4-1-5-11-19)31-24-27(38)36-25(22(18-43(40)28(24)36)17-42-30-32-34-35-33-30)29(39)41-26(20-12-6-2-7-13-20)21-14-8-3-9-15-21/h1-15,24,26,28H,16-18H2,(H,31,37)(H,32,33,34,35)/t24?,28-,43?/m0/s1. The SMILES string of the molecule is O=C(Cc1ccccc1)NC1C(=O)N2C(C(=O)OC(c3ccccc3)c3ccccc3)=C(CSc3nnn[nH]3)C[S+]([O-])[C@@H]12. The number of fused-ring (bicyclic) bond motifs is 1. The number of thioether (sulfide) groups is 1. The molecule has 1 saturated heterocycles. The molecule has 0 spiro atoms. The Hall–Kier alpha value is -4.46. The molecule has 3 aromatic carbocycles. The normalized spacial score (nSPS) is 19.5. The maximum Gasteiger partial charge on any atom is 0.356 e. The van der Waals surface area contributed by atoms with Gasteiger partial charge >= 0.3 is 5.97 Å². The summed E-state index contributed by atoms with van der Waals surface area (Å²) in [6.07, 6.45) is -0.684. The lowest BCUT2D eigenvalue weighted by molar-refractivity contribution is -0.155. The Kier molecular flexibility index (Phi) is 8.54. The number of carbonyl (C=O) groups is 3. The highest BCUT2D eigenvalue weighted by Gasteiger charge is 2.61. The van der Waals surface area contributed by atoms with Gasteiger partial charge in [0.1, 0.15) is 11.4 Å². The van der Waals surface area contributed by atoms with Crippen LogP contribution in [0.1, 0.15) is 22.8 Å². The average molecular weight is 615 g/mol. The Balaban J connectivity index is 1.28. The van der Waals surface area contributed by atoms with Crippen molar-refractivity contribution in [3.63, 3.8) is 0 Å². The van der Waals surface area contributed by atoms with Gasteiger partial charge in [0, 0.05) is 11.3 Å². The number of hydrogen-bond donors (Lipinski definition) is 2. The van der Waals surface area contributed by atoms with E-state index >= 15 is 0 Å². The zero-order valence-electron chi connectivity index (χ0n) is 22.7. The summed E-state index contributed by atoms with van der Waals surface area (Å²) in [5.74, 6) is -1.42. The molecule has 0 aliphatic carbocycles. The summed E-state index contributed by atoms with van der Waals surface area (Å²) in [5.41, 5.74) is 2.78. The van der Waals surface area contributed by atoms with Gasteiger partial charge in [0.2, 0.25) is 16.4 Å². The highest BCUT2D eigenvalue weighted by atomic mass is 32.2. The molecule has 2 unspecified atom stereocenters. The van der Waals surface area contributed by atoms with Crippen LogP contribution in [0.5, 0.6) is 0 Å². The third kappa shape index (κ3) is 6.19. The lowest BCUT2D eigenvalue weighted by Gasteiger charge is -2.49. The maximum atomic E-state index is 14.0. The molecule has 4 aromatic rings. The minimum atomic E-state index is -1.59. The van der Waals surface area contributed by atoms with Crippen LogP contribution in [0.2, 0.25) is 0 Å². The molecule has 0 bridgehead atoms. The van der Waals surface area contributed by atoms with Gasteiger partial charge in [-0.1, -0.05) is 103 Å². The first-order chi connectivity index (χ1) is 21.0. The Morgan fingerprint density at radius 3 is 2.26 bits per heavy atom. The number of aromatic nitrogens is 4. The zero-order valence-corrected chi connectivity index (χ0v) is 24.3. The van der Waals surface area contributed by atoms with Crippen LogP contribution >= 0.6 is 11.8 Å². The number of esters is 1. The Morgan fingerprint density at radius 1 is 1.02 bits per heavy atom. The minimum absolute atomic E-state index is 0.0137. The first-order valence-corrected chi connectivity index (χ1v) is 15.8. The number of H-pyrrole nitrogens is 1. The van der Waals surface area contributed by atoms with Gasteiger partial charge in [-0.25, -0.2) is 9.89 Å². The van der Waals surface area contributed by atoms with Gasteiger partial charge in [0.15, 0.2) is 12.1 Å². The smallest absolute Gasteiger partial charge is 0.356 e. The second-order valence-electron chi connectivity index (χ2n) is 9.89. The van der Waals surface area contributed by atoms with E-state index in [4.69, 9.17) is 4.74 Å². The Labute approximate surface area is 254 Å². The van der Waals surface area contributed by atoms with Crippen LogP contribution in [-0.2, 0) is 36.7 Å². The number of benzene rings is 3. The lowest BCUT2D eigenvalue weighted by atomic mass is 10.0. The molecule has 2 amide bonds. The van der Waals surface area contributed by atoms with Crippen LogP contribution < -0.4 is 5.32 Å². The van der Waals surface area contributed by atoms with Crippen LogP contribution in [0.3, 0.4) is 0 Å². The number of rotatable bonds is 10. The molecule has 3 heterocycles. The van der Waals surface area contributed by atoms with Gasteiger partial charge in [-0.2, -0.15) is 0 Å². The highest BCUT2D eigenvalue weighted by molar-refractivity contribution is 7.99. The molecule has 2 N–H and O–H groups in total. The van der Waals surface area contributed by atoms with Crippen molar-refractivity contribution in [3.8, 4) is 0 Å². The number of β-lactam (4-membered cyclic amide) rings is 1. The van der Waals surface area contributed by atoms with E-state index in [0.717, 1.165) is 16.7 Å². The lowest BCUT2D eigenvalue weighted by Crippen LogP contribution is -2.75. The predicted octanol–water partition coefficient (Wildman–Crippen LogP) is 2.54. The number of tetrazole rings is 1. The molecule has 1 fully saturated rings. The molecular formula is C30H26N6O5S2. The summed E-state index contributed by atoms with van der Waals surface area (Å²) in [5, 5.41) is 15.9. The molecule has 13 heteroatoms. The molecule has 6 rings (SSSR count). The number of aromatic amines is 1. The van der Waals surface area contributed by atoms with Crippen molar-refractivity contribution in [1.82, 2.24) is 30.8 Å². The molecule has 218 valence electrons. The van der Waals surface area contributed by atoms with Crippen molar-refractivity contribution in [2.24, 2.45) is 0 Å². The third-order valence-corrected chi connectivity index (χ3v) is 9.65. The molecule has 0 radical (unpaired) electrons. The van der Waals surface area contributed by atoms with Crippen molar-refractivity contribution in [2.45, 2.75) is 29.1 Å². The van der Waals surface area contributed by atoms with E-state index in [0.29, 0.717) is 10.7 Å². The van der Waals surface area contributed by atoms with Crippen molar-refractivity contribution >= 4 is 40.7 Å². The van der Waals surface area contributed by atoms with Crippen LogP contribution in [0.25, 0.3) is 0 Å². The van der Waals surface area contributed by atoms with E-state index in [1.54, 1.807) is 0 Å². The first kappa shape index (κ1) is 28.6. The fourth-order valence-electron chi connectivity index (χ4n) is 5.07. The second-order valence-corrected chi connectivity index (χ2v) is 12.4. The van der Waals surface area contributed by atoms with E-state index in [1.165, 1.54) is 16.7 Å². The van der Waals surface area contributed by atoms with Crippen molar-refractivity contribution < 1.29 is 23.7 Å². The number of amides is 2. The van der Waals surface area contributed by atoms with Crippen LogP contribution in [0.4, 0.5) is 0 Å². The molecule has 11 nitrogen and oxygen atoms in total. The number of nitrogens with zero attached hydrogens (tertiary/aromatic N) is 4. The van der Waals surface area contributed by atoms with Crippen LogP contribution in [-0.4, -0.2) is 70.8 Å². The molecule has 1 aromatic heterocycles. The molecule has 0 saturated carbocycles. The first-order valence-electron chi connectivity index (χ1n) is 13.4. The second kappa shape index (κ2) is 12.8. The fraction of sp³-hybridized carbons (Fsp3) is 0.200. The highest BCUT2D eigenvalue weighted by Crippen LogP contribution is 2.39. The van der Waals surface area contributed by atoms with E-state index in [1.807, 2.05) is 91.0 Å². The summed E-state index contributed by atoms with van der Waals surface area (Å²) in [7, 11) is 0. The molecule has 2 aliphatic rings. The van der Waals surface area contributed by atoms with Crippen molar-refractivity contribution in [2.75, 3.05) is 11.5 Å². The summed E-state index contributed by atoms with van der Waals surface area (Å²) >= 11 is -0.382. The number of carbonyl (C=O) groups excluding carboxylic acids is 3. The Morgan fingerprint density at radius 2 is 1.65 bits per heavy atom. The quantitative estimate of drug-likeness (QED) is 0.119. The van der Waals surface area contributed by atoms with Crippen molar-refractivity contribution in [1.29, 1.82) is 0 Å². The fourth-order valence-corrected chi connectivity index (χ4v) is 7.64. The van der Waals surface area contributed by atoms with Gasteiger partial charge in [-0.3, -0.25) is 14.5 Å². The van der Waals surface area contributed by atoms with E-state index in [2.05, 4.69) is 25.9 Å². The maximum absolute atomic E-state index is 14.0.